The number of hydrogen-bond donors (Lipinski definition) is 0. The molecule has 1 fully saturated rings. The van der Waals surface area contributed by atoms with Gasteiger partial charge in [-0.2, -0.15) is 5.10 Å². The number of aryl methyl sites for hydroxylation is 3. The summed E-state index contributed by atoms with van der Waals surface area (Å²) in [6.45, 7) is 6.31. The largest absolute Gasteiger partial charge is 0.341 e. The molecular weight excluding hydrogens is 278 g/mol. The number of likely N-dealkylation sites (tertiary alicyclic amines) is 1. The number of imidazole rings is 1. The number of amides is 1. The molecule has 3 heterocycles. The van der Waals surface area contributed by atoms with Crippen LogP contribution in [0.1, 0.15) is 36.7 Å². The minimum Gasteiger partial charge on any atom is -0.341 e. The molecule has 1 amide bonds. The molecule has 2 aromatic rings. The smallest absolute Gasteiger partial charge is 0.224 e. The molecule has 3 rings (SSSR count). The van der Waals surface area contributed by atoms with Crippen LogP contribution in [0.15, 0.2) is 24.8 Å². The maximum absolute atomic E-state index is 12.5. The number of hydrogen-bond acceptors (Lipinski definition) is 3. The van der Waals surface area contributed by atoms with Crippen molar-refractivity contribution in [1.82, 2.24) is 24.2 Å². The van der Waals surface area contributed by atoms with E-state index in [2.05, 4.69) is 14.6 Å². The number of piperidine rings is 1. The van der Waals surface area contributed by atoms with E-state index in [-0.39, 0.29) is 5.91 Å². The highest BCUT2D eigenvalue weighted by Gasteiger charge is 2.24. The molecule has 6 nitrogen and oxygen atoms in total. The van der Waals surface area contributed by atoms with Gasteiger partial charge in [0.1, 0.15) is 0 Å². The van der Waals surface area contributed by atoms with Crippen molar-refractivity contribution in [3.63, 3.8) is 0 Å². The summed E-state index contributed by atoms with van der Waals surface area (Å²) in [5, 5.41) is 4.42. The Bertz CT molecular complexity index is 631. The number of aromatic nitrogens is 4. The molecule has 2 aromatic heterocycles. The Hall–Kier alpha value is -2.11. The zero-order valence-electron chi connectivity index (χ0n) is 13.3. The van der Waals surface area contributed by atoms with Crippen LogP contribution in [0, 0.1) is 13.8 Å². The van der Waals surface area contributed by atoms with E-state index in [9.17, 15) is 4.79 Å². The van der Waals surface area contributed by atoms with Gasteiger partial charge in [-0.1, -0.05) is 0 Å². The molecule has 1 atom stereocenters. The van der Waals surface area contributed by atoms with E-state index in [0.29, 0.717) is 19.0 Å². The molecule has 1 aliphatic rings. The van der Waals surface area contributed by atoms with Crippen molar-refractivity contribution in [1.29, 1.82) is 0 Å². The Morgan fingerprint density at radius 1 is 1.41 bits per heavy atom. The van der Waals surface area contributed by atoms with Crippen LogP contribution in [-0.4, -0.2) is 43.2 Å². The van der Waals surface area contributed by atoms with E-state index in [0.717, 1.165) is 37.3 Å². The molecule has 1 aliphatic heterocycles. The monoisotopic (exact) mass is 301 g/mol. The first-order valence-corrected chi connectivity index (χ1v) is 7.90. The molecule has 0 aromatic carbocycles. The van der Waals surface area contributed by atoms with Crippen molar-refractivity contribution >= 4 is 5.91 Å². The highest BCUT2D eigenvalue weighted by molar-refractivity contribution is 5.76. The summed E-state index contributed by atoms with van der Waals surface area (Å²) in [6.07, 6.45) is 8.29. The third-order valence-corrected chi connectivity index (χ3v) is 4.34. The maximum atomic E-state index is 12.5. The van der Waals surface area contributed by atoms with Gasteiger partial charge in [-0.3, -0.25) is 9.48 Å². The van der Waals surface area contributed by atoms with Crippen LogP contribution in [0.4, 0.5) is 0 Å². The molecule has 118 valence electrons. The van der Waals surface area contributed by atoms with E-state index in [1.165, 1.54) is 0 Å². The van der Waals surface area contributed by atoms with E-state index < -0.39 is 0 Å². The third-order valence-electron chi connectivity index (χ3n) is 4.34. The van der Waals surface area contributed by atoms with Crippen molar-refractivity contribution < 1.29 is 4.79 Å². The minimum atomic E-state index is 0.220. The van der Waals surface area contributed by atoms with Gasteiger partial charge in [-0.05, 0) is 32.8 Å². The van der Waals surface area contributed by atoms with Gasteiger partial charge in [0, 0.05) is 44.1 Å². The summed E-state index contributed by atoms with van der Waals surface area (Å²) < 4.78 is 4.03. The summed E-state index contributed by atoms with van der Waals surface area (Å²) in [5.41, 5.74) is 2.11. The lowest BCUT2D eigenvalue weighted by Crippen LogP contribution is -2.40. The fourth-order valence-corrected chi connectivity index (χ4v) is 3.17. The molecular formula is C16H23N5O. The normalized spacial score (nSPS) is 18.6. The van der Waals surface area contributed by atoms with Crippen LogP contribution in [0.2, 0.25) is 0 Å². The Kier molecular flexibility index (Phi) is 4.27. The van der Waals surface area contributed by atoms with E-state index in [4.69, 9.17) is 0 Å². The second-order valence-corrected chi connectivity index (χ2v) is 6.05. The second-order valence-electron chi connectivity index (χ2n) is 6.05. The van der Waals surface area contributed by atoms with E-state index >= 15 is 0 Å². The molecule has 0 aliphatic carbocycles. The molecule has 0 radical (unpaired) electrons. The Morgan fingerprint density at radius 3 is 2.95 bits per heavy atom. The van der Waals surface area contributed by atoms with Crippen LogP contribution < -0.4 is 0 Å². The molecule has 1 saturated heterocycles. The van der Waals surface area contributed by atoms with Crippen LogP contribution in [0.25, 0.3) is 0 Å². The fourth-order valence-electron chi connectivity index (χ4n) is 3.17. The van der Waals surface area contributed by atoms with Crippen molar-refractivity contribution in [2.75, 3.05) is 13.1 Å². The first kappa shape index (κ1) is 14.8. The lowest BCUT2D eigenvalue weighted by Gasteiger charge is -2.33. The summed E-state index contributed by atoms with van der Waals surface area (Å²) in [5.74, 6) is 0.220. The number of carbonyl (C=O) groups is 1. The zero-order chi connectivity index (χ0) is 15.5. The van der Waals surface area contributed by atoms with Gasteiger partial charge in [0.15, 0.2) is 0 Å². The Labute approximate surface area is 130 Å². The van der Waals surface area contributed by atoms with Crippen molar-refractivity contribution in [3.05, 3.63) is 36.2 Å². The van der Waals surface area contributed by atoms with Gasteiger partial charge in [0.2, 0.25) is 5.91 Å². The topological polar surface area (TPSA) is 56.0 Å². The third kappa shape index (κ3) is 3.21. The summed E-state index contributed by atoms with van der Waals surface area (Å²) in [7, 11) is 0. The van der Waals surface area contributed by atoms with Crippen molar-refractivity contribution in [2.24, 2.45) is 0 Å². The summed E-state index contributed by atoms with van der Waals surface area (Å²) >= 11 is 0. The first-order valence-electron chi connectivity index (χ1n) is 7.90. The summed E-state index contributed by atoms with van der Waals surface area (Å²) in [4.78, 5) is 18.6. The average Bonchev–Trinajstić information content (AvgIpc) is 3.15. The molecule has 0 saturated carbocycles. The average molecular weight is 301 g/mol. The SMILES string of the molecule is Cc1cc(C)n(CCC(=O)N2CCC[C@@H](n3ccnc3)C2)n1. The highest BCUT2D eigenvalue weighted by Crippen LogP contribution is 2.21. The predicted octanol–water partition coefficient (Wildman–Crippen LogP) is 1.95. The van der Waals surface area contributed by atoms with Crippen molar-refractivity contribution in [3.8, 4) is 0 Å². The minimum absolute atomic E-state index is 0.220. The molecule has 22 heavy (non-hydrogen) atoms. The quantitative estimate of drug-likeness (QED) is 0.867. The Morgan fingerprint density at radius 2 is 2.27 bits per heavy atom. The van der Waals surface area contributed by atoms with Gasteiger partial charge in [0.25, 0.3) is 0 Å². The first-order chi connectivity index (χ1) is 10.6. The number of nitrogens with zero attached hydrogens (tertiary/aromatic N) is 5. The standard InChI is InChI=1S/C16H23N5O/c1-13-10-14(2)21(18-13)8-5-16(22)19-7-3-4-15(11-19)20-9-6-17-12-20/h6,9-10,12,15H,3-5,7-8,11H2,1-2H3/t15-/m1/s1. The molecule has 0 bridgehead atoms. The number of carbonyl (C=O) groups excluding carboxylic acids is 1. The van der Waals surface area contributed by atoms with Gasteiger partial charge >= 0.3 is 0 Å². The summed E-state index contributed by atoms with van der Waals surface area (Å²) in [6, 6.07) is 2.40. The second kappa shape index (κ2) is 6.34. The van der Waals surface area contributed by atoms with Gasteiger partial charge in [-0.15, -0.1) is 0 Å². The fraction of sp³-hybridized carbons (Fsp3) is 0.562. The predicted molar refractivity (Wildman–Crippen MR) is 83.4 cm³/mol. The number of rotatable bonds is 4. The lowest BCUT2D eigenvalue weighted by atomic mass is 10.1. The van der Waals surface area contributed by atoms with E-state index in [1.807, 2.05) is 42.0 Å². The van der Waals surface area contributed by atoms with Gasteiger partial charge in [0.05, 0.1) is 18.1 Å². The van der Waals surface area contributed by atoms with Gasteiger partial charge in [-0.25, -0.2) is 4.98 Å². The highest BCUT2D eigenvalue weighted by atomic mass is 16.2. The molecule has 0 N–H and O–H groups in total. The molecule has 0 unspecified atom stereocenters. The van der Waals surface area contributed by atoms with Crippen LogP contribution >= 0.6 is 0 Å². The maximum Gasteiger partial charge on any atom is 0.224 e. The van der Waals surface area contributed by atoms with Crippen LogP contribution in [-0.2, 0) is 11.3 Å². The van der Waals surface area contributed by atoms with Crippen LogP contribution in [0.5, 0.6) is 0 Å². The molecule has 0 spiro atoms. The Balaban J connectivity index is 1.56. The van der Waals surface area contributed by atoms with Gasteiger partial charge < -0.3 is 9.47 Å². The molecule has 6 heteroatoms. The van der Waals surface area contributed by atoms with Crippen molar-refractivity contribution in [2.45, 2.75) is 45.7 Å². The zero-order valence-corrected chi connectivity index (χ0v) is 13.3. The van der Waals surface area contributed by atoms with E-state index in [1.54, 1.807) is 6.20 Å². The van der Waals surface area contributed by atoms with Crippen LogP contribution in [0.3, 0.4) is 0 Å². The lowest BCUT2D eigenvalue weighted by molar-refractivity contribution is -0.133.